The summed E-state index contributed by atoms with van der Waals surface area (Å²) >= 11 is 6.06. The lowest BCUT2D eigenvalue weighted by Gasteiger charge is -2.12. The van der Waals surface area contributed by atoms with Crippen LogP contribution in [0.15, 0.2) is 36.4 Å². The Bertz CT molecular complexity index is 674. The van der Waals surface area contributed by atoms with Crippen molar-refractivity contribution in [2.24, 2.45) is 5.73 Å². The Morgan fingerprint density at radius 2 is 2.14 bits per heavy atom. The summed E-state index contributed by atoms with van der Waals surface area (Å²) in [6.07, 6.45) is 0. The van der Waals surface area contributed by atoms with Crippen LogP contribution < -0.4 is 15.8 Å². The summed E-state index contributed by atoms with van der Waals surface area (Å²) in [5.41, 5.74) is 6.81. The molecule has 0 aliphatic heterocycles. The molecule has 4 N–H and O–H groups in total. The lowest BCUT2D eigenvalue weighted by molar-refractivity contribution is 0.100. The first kappa shape index (κ1) is 15.0. The molecule has 1 amide bonds. The number of hydrogen-bond donors (Lipinski definition) is 3. The van der Waals surface area contributed by atoms with Gasteiger partial charge in [0.05, 0.1) is 17.8 Å². The monoisotopic (exact) mass is 306 g/mol. The molecule has 0 aliphatic carbocycles. The van der Waals surface area contributed by atoms with Gasteiger partial charge in [0.15, 0.2) is 11.5 Å². The standard InChI is InChI=1S/C15H15ClN2O3/c1-21-13-4-2-3-10(14(13)19)8-18-12-7-9(15(17)20)5-6-11(12)16/h2-7,18-19H,8H2,1H3,(H2,17,20). The number of nitrogens with one attached hydrogen (secondary N) is 1. The number of primary amides is 1. The number of nitrogens with two attached hydrogens (primary N) is 1. The Morgan fingerprint density at radius 3 is 2.81 bits per heavy atom. The highest BCUT2D eigenvalue weighted by atomic mass is 35.5. The van der Waals surface area contributed by atoms with E-state index in [9.17, 15) is 9.90 Å². The van der Waals surface area contributed by atoms with Gasteiger partial charge in [-0.3, -0.25) is 4.79 Å². The summed E-state index contributed by atoms with van der Waals surface area (Å²) < 4.78 is 5.05. The SMILES string of the molecule is COc1cccc(CNc2cc(C(N)=O)ccc2Cl)c1O. The van der Waals surface area contributed by atoms with Crippen LogP contribution in [0.5, 0.6) is 11.5 Å². The lowest BCUT2D eigenvalue weighted by Crippen LogP contribution is -2.11. The fraction of sp³-hybridized carbons (Fsp3) is 0.133. The van der Waals surface area contributed by atoms with Crippen molar-refractivity contribution in [1.29, 1.82) is 0 Å². The Balaban J connectivity index is 2.20. The third-order valence-corrected chi connectivity index (χ3v) is 3.35. The molecule has 0 atom stereocenters. The average molecular weight is 307 g/mol. The van der Waals surface area contributed by atoms with Crippen LogP contribution >= 0.6 is 11.6 Å². The number of amides is 1. The maximum atomic E-state index is 11.2. The molecular formula is C15H15ClN2O3. The van der Waals surface area contributed by atoms with E-state index in [2.05, 4.69) is 5.32 Å². The van der Waals surface area contributed by atoms with Crippen LogP contribution in [0.25, 0.3) is 0 Å². The van der Waals surface area contributed by atoms with Gasteiger partial charge in [-0.1, -0.05) is 23.7 Å². The van der Waals surface area contributed by atoms with E-state index in [0.717, 1.165) is 0 Å². The number of carbonyl (C=O) groups excluding carboxylic acids is 1. The predicted molar refractivity (Wildman–Crippen MR) is 82.0 cm³/mol. The molecule has 2 rings (SSSR count). The second kappa shape index (κ2) is 6.37. The van der Waals surface area contributed by atoms with E-state index in [4.69, 9.17) is 22.1 Å². The molecule has 0 saturated carbocycles. The number of hydrogen-bond acceptors (Lipinski definition) is 4. The van der Waals surface area contributed by atoms with Crippen molar-refractivity contribution >= 4 is 23.2 Å². The number of phenolic OH excluding ortho intramolecular Hbond substituents is 1. The van der Waals surface area contributed by atoms with Gasteiger partial charge in [0.2, 0.25) is 5.91 Å². The van der Waals surface area contributed by atoms with Crippen molar-refractivity contribution in [2.45, 2.75) is 6.54 Å². The van der Waals surface area contributed by atoms with Crippen LogP contribution in [0.3, 0.4) is 0 Å². The van der Waals surface area contributed by atoms with Crippen LogP contribution in [-0.2, 0) is 6.54 Å². The highest BCUT2D eigenvalue weighted by Gasteiger charge is 2.09. The molecule has 0 radical (unpaired) electrons. The number of halogens is 1. The van der Waals surface area contributed by atoms with Gasteiger partial charge in [-0.15, -0.1) is 0 Å². The second-order valence-electron chi connectivity index (χ2n) is 4.38. The van der Waals surface area contributed by atoms with Crippen molar-refractivity contribution < 1.29 is 14.6 Å². The van der Waals surface area contributed by atoms with Gasteiger partial charge in [0.1, 0.15) is 0 Å². The smallest absolute Gasteiger partial charge is 0.248 e. The number of benzene rings is 2. The largest absolute Gasteiger partial charge is 0.504 e. The second-order valence-corrected chi connectivity index (χ2v) is 4.79. The van der Waals surface area contributed by atoms with E-state index < -0.39 is 5.91 Å². The van der Waals surface area contributed by atoms with Crippen molar-refractivity contribution in [3.63, 3.8) is 0 Å². The number of para-hydroxylation sites is 1. The Labute approximate surface area is 127 Å². The van der Waals surface area contributed by atoms with E-state index in [1.54, 1.807) is 36.4 Å². The molecule has 2 aromatic rings. The van der Waals surface area contributed by atoms with Crippen LogP contribution in [0, 0.1) is 0 Å². The molecule has 110 valence electrons. The van der Waals surface area contributed by atoms with Crippen molar-refractivity contribution in [1.82, 2.24) is 0 Å². The maximum absolute atomic E-state index is 11.2. The molecule has 0 bridgehead atoms. The fourth-order valence-electron chi connectivity index (χ4n) is 1.88. The molecule has 0 aromatic heterocycles. The Hall–Kier alpha value is -2.40. The van der Waals surface area contributed by atoms with E-state index in [1.807, 2.05) is 0 Å². The van der Waals surface area contributed by atoms with E-state index in [-0.39, 0.29) is 5.75 Å². The minimum atomic E-state index is -0.529. The first-order valence-corrected chi connectivity index (χ1v) is 6.58. The third-order valence-electron chi connectivity index (χ3n) is 3.02. The Kier molecular flexibility index (Phi) is 4.55. The van der Waals surface area contributed by atoms with Crippen molar-refractivity contribution in [3.8, 4) is 11.5 Å². The van der Waals surface area contributed by atoms with Gasteiger partial charge >= 0.3 is 0 Å². The van der Waals surface area contributed by atoms with Crippen molar-refractivity contribution in [3.05, 3.63) is 52.5 Å². The fourth-order valence-corrected chi connectivity index (χ4v) is 2.06. The van der Waals surface area contributed by atoms with Gasteiger partial charge in [0, 0.05) is 17.7 Å². The zero-order chi connectivity index (χ0) is 15.4. The van der Waals surface area contributed by atoms with Crippen LogP contribution in [0.2, 0.25) is 5.02 Å². The first-order chi connectivity index (χ1) is 10.0. The lowest BCUT2D eigenvalue weighted by atomic mass is 10.1. The van der Waals surface area contributed by atoms with Gasteiger partial charge in [-0.05, 0) is 24.3 Å². The van der Waals surface area contributed by atoms with Gasteiger partial charge in [-0.25, -0.2) is 0 Å². The molecule has 0 fully saturated rings. The number of anilines is 1. The minimum absolute atomic E-state index is 0.0645. The zero-order valence-corrected chi connectivity index (χ0v) is 12.1. The van der Waals surface area contributed by atoms with Crippen LogP contribution in [0.1, 0.15) is 15.9 Å². The molecule has 0 spiro atoms. The molecule has 0 unspecified atom stereocenters. The molecular weight excluding hydrogens is 292 g/mol. The number of methoxy groups -OCH3 is 1. The van der Waals surface area contributed by atoms with Gasteiger partial charge in [-0.2, -0.15) is 0 Å². The molecule has 5 nitrogen and oxygen atoms in total. The first-order valence-electron chi connectivity index (χ1n) is 6.21. The number of carbonyl (C=O) groups is 1. The highest BCUT2D eigenvalue weighted by molar-refractivity contribution is 6.33. The molecule has 0 heterocycles. The highest BCUT2D eigenvalue weighted by Crippen LogP contribution is 2.30. The van der Waals surface area contributed by atoms with Crippen molar-refractivity contribution in [2.75, 3.05) is 12.4 Å². The third kappa shape index (κ3) is 3.38. The summed E-state index contributed by atoms with van der Waals surface area (Å²) in [7, 11) is 1.49. The minimum Gasteiger partial charge on any atom is -0.504 e. The Morgan fingerprint density at radius 1 is 1.38 bits per heavy atom. The number of rotatable bonds is 5. The zero-order valence-electron chi connectivity index (χ0n) is 11.4. The average Bonchev–Trinajstić information content (AvgIpc) is 2.47. The molecule has 6 heteroatoms. The number of aromatic hydroxyl groups is 1. The van der Waals surface area contributed by atoms with Gasteiger partial charge in [0.25, 0.3) is 0 Å². The predicted octanol–water partition coefficient (Wildman–Crippen LogP) is 2.77. The molecule has 0 aliphatic rings. The molecule has 21 heavy (non-hydrogen) atoms. The summed E-state index contributed by atoms with van der Waals surface area (Å²) in [6, 6.07) is 9.92. The van der Waals surface area contributed by atoms with Crippen LogP contribution in [0.4, 0.5) is 5.69 Å². The quantitative estimate of drug-likeness (QED) is 0.793. The summed E-state index contributed by atoms with van der Waals surface area (Å²) in [5.74, 6) is -0.0695. The number of ether oxygens (including phenoxy) is 1. The summed E-state index contributed by atoms with van der Waals surface area (Å²) in [4.78, 5) is 11.2. The molecule has 0 saturated heterocycles. The summed E-state index contributed by atoms with van der Waals surface area (Å²) in [6.45, 7) is 0.324. The normalized spacial score (nSPS) is 10.2. The summed E-state index contributed by atoms with van der Waals surface area (Å²) in [5, 5.41) is 13.5. The van der Waals surface area contributed by atoms with E-state index in [1.165, 1.54) is 7.11 Å². The maximum Gasteiger partial charge on any atom is 0.248 e. The molecule has 2 aromatic carbocycles. The van der Waals surface area contributed by atoms with Crippen LogP contribution in [-0.4, -0.2) is 18.1 Å². The van der Waals surface area contributed by atoms with E-state index >= 15 is 0 Å². The van der Waals surface area contributed by atoms with E-state index in [0.29, 0.717) is 34.1 Å². The number of phenols is 1. The van der Waals surface area contributed by atoms with Gasteiger partial charge < -0.3 is 20.9 Å². The topological polar surface area (TPSA) is 84.6 Å².